The molecule has 1 aromatic carbocycles. The van der Waals surface area contributed by atoms with Crippen molar-refractivity contribution in [3.05, 3.63) is 58.3 Å². The van der Waals surface area contributed by atoms with Crippen molar-refractivity contribution in [2.24, 2.45) is 5.92 Å². The maximum absolute atomic E-state index is 12.8. The number of rotatable bonds is 4. The van der Waals surface area contributed by atoms with Crippen LogP contribution in [0.4, 0.5) is 0 Å². The predicted molar refractivity (Wildman–Crippen MR) is 117 cm³/mol. The first kappa shape index (κ1) is 18.9. The molecule has 6 nitrogen and oxygen atoms in total. The fourth-order valence-corrected chi connectivity index (χ4v) is 5.80. The van der Waals surface area contributed by atoms with Gasteiger partial charge < -0.3 is 4.98 Å². The highest BCUT2D eigenvalue weighted by atomic mass is 32.2. The quantitative estimate of drug-likeness (QED) is 0.715. The van der Waals surface area contributed by atoms with E-state index in [2.05, 4.69) is 52.2 Å². The van der Waals surface area contributed by atoms with E-state index in [9.17, 15) is 4.79 Å². The number of fused-ring (bicyclic) bond motifs is 1. The van der Waals surface area contributed by atoms with Gasteiger partial charge in [-0.2, -0.15) is 16.9 Å². The molecule has 4 heterocycles. The topological polar surface area (TPSA) is 66.8 Å². The second kappa shape index (κ2) is 7.95. The molecule has 2 aliphatic rings. The highest BCUT2D eigenvalue weighted by molar-refractivity contribution is 7.99. The van der Waals surface area contributed by atoms with E-state index in [1.54, 1.807) is 6.20 Å². The first-order valence-electron chi connectivity index (χ1n) is 10.5. The third-order valence-electron chi connectivity index (χ3n) is 6.31. The van der Waals surface area contributed by atoms with E-state index in [0.717, 1.165) is 55.5 Å². The van der Waals surface area contributed by atoms with Crippen molar-refractivity contribution in [2.75, 3.05) is 24.6 Å². The lowest BCUT2D eigenvalue weighted by Crippen LogP contribution is -2.22. The molecule has 152 valence electrons. The van der Waals surface area contributed by atoms with Gasteiger partial charge in [0.15, 0.2) is 5.65 Å². The summed E-state index contributed by atoms with van der Waals surface area (Å²) in [6, 6.07) is 10.9. The Labute approximate surface area is 174 Å². The number of H-pyrrole nitrogens is 1. The van der Waals surface area contributed by atoms with Crippen molar-refractivity contribution in [1.82, 2.24) is 24.6 Å². The molecule has 2 fully saturated rings. The molecular formula is C22H27N5OS. The Balaban J connectivity index is 1.43. The van der Waals surface area contributed by atoms with Gasteiger partial charge in [0.1, 0.15) is 11.2 Å². The molecule has 2 aliphatic heterocycles. The van der Waals surface area contributed by atoms with Crippen LogP contribution in [0.1, 0.15) is 43.1 Å². The van der Waals surface area contributed by atoms with Crippen LogP contribution in [0.3, 0.4) is 0 Å². The second-order valence-electron chi connectivity index (χ2n) is 8.38. The van der Waals surface area contributed by atoms with Gasteiger partial charge in [0.25, 0.3) is 5.56 Å². The number of aromatic amines is 1. The highest BCUT2D eigenvalue weighted by Gasteiger charge is 2.33. The molecular weight excluding hydrogens is 382 g/mol. The molecule has 1 N–H and O–H groups in total. The third-order valence-corrected chi connectivity index (χ3v) is 7.36. The van der Waals surface area contributed by atoms with E-state index in [-0.39, 0.29) is 11.5 Å². The molecule has 2 aromatic heterocycles. The molecule has 0 spiro atoms. The zero-order valence-electron chi connectivity index (χ0n) is 16.8. The number of thioether (sulfide) groups is 1. The summed E-state index contributed by atoms with van der Waals surface area (Å²) >= 11 is 1.99. The van der Waals surface area contributed by atoms with Gasteiger partial charge in [-0.15, -0.1) is 0 Å². The van der Waals surface area contributed by atoms with Gasteiger partial charge in [-0.25, -0.2) is 9.67 Å². The lowest BCUT2D eigenvalue weighted by molar-refractivity contribution is 0.318. The van der Waals surface area contributed by atoms with Gasteiger partial charge in [0.2, 0.25) is 0 Å². The monoisotopic (exact) mass is 409 g/mol. The SMILES string of the molecule is C[C@@H]1CN(Cc2ccccc2)C[C@H]1c1nc2c(cnn2C2CCSCC2)c(=O)[nH]1. The average molecular weight is 410 g/mol. The summed E-state index contributed by atoms with van der Waals surface area (Å²) in [7, 11) is 0. The van der Waals surface area contributed by atoms with E-state index in [0.29, 0.717) is 17.3 Å². The molecule has 3 aromatic rings. The smallest absolute Gasteiger partial charge is 0.262 e. The number of hydrogen-bond acceptors (Lipinski definition) is 5. The number of likely N-dealkylation sites (tertiary alicyclic amines) is 1. The van der Waals surface area contributed by atoms with Gasteiger partial charge in [-0.3, -0.25) is 9.69 Å². The minimum atomic E-state index is -0.0601. The van der Waals surface area contributed by atoms with E-state index >= 15 is 0 Å². The van der Waals surface area contributed by atoms with Crippen LogP contribution in [0.2, 0.25) is 0 Å². The fraction of sp³-hybridized carbons (Fsp3) is 0.500. The zero-order valence-corrected chi connectivity index (χ0v) is 17.6. The molecule has 29 heavy (non-hydrogen) atoms. The Hall–Kier alpha value is -2.12. The molecule has 0 saturated carbocycles. The summed E-state index contributed by atoms with van der Waals surface area (Å²) in [6.07, 6.45) is 3.87. The van der Waals surface area contributed by atoms with Crippen LogP contribution in [0.25, 0.3) is 11.0 Å². The summed E-state index contributed by atoms with van der Waals surface area (Å²) < 4.78 is 2.01. The third kappa shape index (κ3) is 3.73. The molecule has 2 atom stereocenters. The zero-order chi connectivity index (χ0) is 19.8. The average Bonchev–Trinajstić information content (AvgIpc) is 3.33. The lowest BCUT2D eigenvalue weighted by Gasteiger charge is -2.22. The van der Waals surface area contributed by atoms with Gasteiger partial charge in [-0.05, 0) is 35.8 Å². The van der Waals surface area contributed by atoms with Crippen LogP contribution in [0, 0.1) is 5.92 Å². The lowest BCUT2D eigenvalue weighted by atomic mass is 9.97. The van der Waals surface area contributed by atoms with Crippen molar-refractivity contribution < 1.29 is 0 Å². The predicted octanol–water partition coefficient (Wildman–Crippen LogP) is 3.42. The van der Waals surface area contributed by atoms with Gasteiger partial charge >= 0.3 is 0 Å². The van der Waals surface area contributed by atoms with Gasteiger partial charge in [0.05, 0.1) is 12.2 Å². The van der Waals surface area contributed by atoms with E-state index < -0.39 is 0 Å². The summed E-state index contributed by atoms with van der Waals surface area (Å²) in [4.78, 5) is 23.3. The molecule has 2 saturated heterocycles. The first-order valence-corrected chi connectivity index (χ1v) is 11.7. The van der Waals surface area contributed by atoms with E-state index in [1.807, 2.05) is 16.4 Å². The Morgan fingerprint density at radius 2 is 1.97 bits per heavy atom. The van der Waals surface area contributed by atoms with E-state index in [4.69, 9.17) is 4.98 Å². The Kier molecular flexibility index (Phi) is 5.18. The normalized spacial score (nSPS) is 23.8. The van der Waals surface area contributed by atoms with E-state index in [1.165, 1.54) is 5.56 Å². The molecule has 7 heteroatoms. The van der Waals surface area contributed by atoms with Crippen molar-refractivity contribution >= 4 is 22.8 Å². The minimum absolute atomic E-state index is 0.0601. The Morgan fingerprint density at radius 3 is 2.76 bits per heavy atom. The van der Waals surface area contributed by atoms with Gasteiger partial charge in [-0.1, -0.05) is 37.3 Å². The van der Waals surface area contributed by atoms with Crippen LogP contribution in [-0.4, -0.2) is 49.2 Å². The van der Waals surface area contributed by atoms with Crippen LogP contribution < -0.4 is 5.56 Å². The van der Waals surface area contributed by atoms with Crippen LogP contribution in [-0.2, 0) is 6.54 Å². The Morgan fingerprint density at radius 1 is 1.17 bits per heavy atom. The van der Waals surface area contributed by atoms with Crippen molar-refractivity contribution in [1.29, 1.82) is 0 Å². The molecule has 0 bridgehead atoms. The summed E-state index contributed by atoms with van der Waals surface area (Å²) in [5.41, 5.74) is 2.02. The number of aromatic nitrogens is 4. The summed E-state index contributed by atoms with van der Waals surface area (Å²) in [5, 5.41) is 5.16. The van der Waals surface area contributed by atoms with Crippen molar-refractivity contribution in [3.8, 4) is 0 Å². The maximum Gasteiger partial charge on any atom is 0.262 e. The largest absolute Gasteiger partial charge is 0.310 e. The molecule has 5 rings (SSSR count). The van der Waals surface area contributed by atoms with Crippen LogP contribution in [0.5, 0.6) is 0 Å². The minimum Gasteiger partial charge on any atom is -0.310 e. The van der Waals surface area contributed by atoms with Crippen molar-refractivity contribution in [3.63, 3.8) is 0 Å². The van der Waals surface area contributed by atoms with Gasteiger partial charge in [0, 0.05) is 25.6 Å². The second-order valence-corrected chi connectivity index (χ2v) is 9.61. The molecule has 0 amide bonds. The van der Waals surface area contributed by atoms with Crippen LogP contribution in [0.15, 0.2) is 41.3 Å². The summed E-state index contributed by atoms with van der Waals surface area (Å²) in [5.74, 6) is 3.80. The van der Waals surface area contributed by atoms with Crippen molar-refractivity contribution in [2.45, 2.75) is 38.3 Å². The highest BCUT2D eigenvalue weighted by Crippen LogP contribution is 2.32. The fourth-order valence-electron chi connectivity index (χ4n) is 4.72. The number of benzene rings is 1. The number of nitrogens with one attached hydrogen (secondary N) is 1. The standard InChI is InChI=1S/C22H27N5OS/c1-15-12-26(13-16-5-3-2-4-6-16)14-19(15)20-24-21-18(22(28)25-20)11-23-27(21)17-7-9-29-10-8-17/h2-6,11,15,17,19H,7-10,12-14H2,1H3,(H,24,25,28)/t15-,19-/m1/s1. The maximum atomic E-state index is 12.8. The number of nitrogens with zero attached hydrogens (tertiary/aromatic N) is 4. The first-order chi connectivity index (χ1) is 14.2. The van der Waals surface area contributed by atoms with Crippen LogP contribution >= 0.6 is 11.8 Å². The summed E-state index contributed by atoms with van der Waals surface area (Å²) in [6.45, 7) is 5.13. The molecule has 0 unspecified atom stereocenters. The molecule has 0 aliphatic carbocycles. The number of hydrogen-bond donors (Lipinski definition) is 1. The molecule has 0 radical (unpaired) electrons. The Bertz CT molecular complexity index is 1040.